The molecular formula is C12H20N2OS. The quantitative estimate of drug-likeness (QED) is 0.825. The van der Waals surface area contributed by atoms with E-state index >= 15 is 0 Å². The highest BCUT2D eigenvalue weighted by molar-refractivity contribution is 7.10. The fourth-order valence-corrected chi connectivity index (χ4v) is 2.23. The van der Waals surface area contributed by atoms with Gasteiger partial charge in [0.2, 0.25) is 5.91 Å². The third-order valence-electron chi connectivity index (χ3n) is 2.59. The van der Waals surface area contributed by atoms with Crippen molar-refractivity contribution >= 4 is 17.2 Å². The molecule has 1 unspecified atom stereocenters. The zero-order valence-corrected chi connectivity index (χ0v) is 10.9. The molecule has 1 heterocycles. The summed E-state index contributed by atoms with van der Waals surface area (Å²) in [7, 11) is 0. The van der Waals surface area contributed by atoms with E-state index in [2.05, 4.69) is 5.32 Å². The van der Waals surface area contributed by atoms with Crippen LogP contribution in [0.3, 0.4) is 0 Å². The van der Waals surface area contributed by atoms with E-state index in [0.29, 0.717) is 6.54 Å². The standard InChI is InChI=1S/C12H20N2OS/c1-9(13)6-7-14-11(15)12(2,3)10-5-4-8-16-10/h4-5,8-9H,6-7,13H2,1-3H3,(H,14,15). The van der Waals surface area contributed by atoms with Crippen LogP contribution in [0, 0.1) is 0 Å². The lowest BCUT2D eigenvalue weighted by Gasteiger charge is -2.22. The number of hydrogen-bond donors (Lipinski definition) is 2. The van der Waals surface area contributed by atoms with Gasteiger partial charge in [-0.25, -0.2) is 0 Å². The first-order valence-electron chi connectivity index (χ1n) is 5.52. The van der Waals surface area contributed by atoms with E-state index in [4.69, 9.17) is 5.73 Å². The SMILES string of the molecule is CC(N)CCNC(=O)C(C)(C)c1cccs1. The molecule has 3 nitrogen and oxygen atoms in total. The molecule has 0 spiro atoms. The van der Waals surface area contributed by atoms with Crippen LogP contribution >= 0.6 is 11.3 Å². The van der Waals surface area contributed by atoms with Gasteiger partial charge >= 0.3 is 0 Å². The van der Waals surface area contributed by atoms with Crippen molar-refractivity contribution in [2.45, 2.75) is 38.6 Å². The first-order valence-corrected chi connectivity index (χ1v) is 6.40. The van der Waals surface area contributed by atoms with Crippen molar-refractivity contribution in [1.29, 1.82) is 0 Å². The molecule has 0 bridgehead atoms. The van der Waals surface area contributed by atoms with Crippen molar-refractivity contribution in [2.24, 2.45) is 5.73 Å². The number of rotatable bonds is 5. The Labute approximate surface area is 101 Å². The van der Waals surface area contributed by atoms with Crippen molar-refractivity contribution in [1.82, 2.24) is 5.32 Å². The molecule has 0 radical (unpaired) electrons. The summed E-state index contributed by atoms with van der Waals surface area (Å²) in [5, 5.41) is 4.92. The Morgan fingerprint density at radius 1 is 1.62 bits per heavy atom. The van der Waals surface area contributed by atoms with E-state index in [0.717, 1.165) is 11.3 Å². The van der Waals surface area contributed by atoms with Gasteiger partial charge in [-0.15, -0.1) is 11.3 Å². The lowest BCUT2D eigenvalue weighted by atomic mass is 9.90. The van der Waals surface area contributed by atoms with Crippen LogP contribution in [-0.2, 0) is 10.2 Å². The maximum absolute atomic E-state index is 12.0. The molecule has 1 amide bonds. The molecule has 1 aromatic rings. The van der Waals surface area contributed by atoms with Gasteiger partial charge in [-0.3, -0.25) is 4.79 Å². The van der Waals surface area contributed by atoms with Gasteiger partial charge in [0, 0.05) is 17.5 Å². The van der Waals surface area contributed by atoms with Crippen LogP contribution in [0.5, 0.6) is 0 Å². The second kappa shape index (κ2) is 5.46. The molecule has 0 fully saturated rings. The Hall–Kier alpha value is -0.870. The predicted octanol–water partition coefficient (Wildman–Crippen LogP) is 1.88. The average molecular weight is 240 g/mol. The van der Waals surface area contributed by atoms with Gasteiger partial charge in [-0.2, -0.15) is 0 Å². The van der Waals surface area contributed by atoms with Crippen molar-refractivity contribution < 1.29 is 4.79 Å². The average Bonchev–Trinajstić information content (AvgIpc) is 2.69. The minimum atomic E-state index is -0.452. The number of nitrogens with one attached hydrogen (secondary N) is 1. The lowest BCUT2D eigenvalue weighted by Crippen LogP contribution is -2.41. The predicted molar refractivity (Wildman–Crippen MR) is 68.6 cm³/mol. The molecule has 0 aliphatic rings. The van der Waals surface area contributed by atoms with Crippen LogP contribution in [0.25, 0.3) is 0 Å². The lowest BCUT2D eigenvalue weighted by molar-refractivity contribution is -0.125. The first kappa shape index (κ1) is 13.2. The summed E-state index contributed by atoms with van der Waals surface area (Å²) in [4.78, 5) is 13.1. The highest BCUT2D eigenvalue weighted by Gasteiger charge is 2.30. The van der Waals surface area contributed by atoms with Gasteiger partial charge in [0.05, 0.1) is 5.41 Å². The maximum atomic E-state index is 12.0. The Bertz CT molecular complexity index is 331. The Kier molecular flexibility index (Phi) is 4.50. The van der Waals surface area contributed by atoms with Crippen LogP contribution in [0.15, 0.2) is 17.5 Å². The normalized spacial score (nSPS) is 13.5. The number of nitrogens with two attached hydrogens (primary N) is 1. The fraction of sp³-hybridized carbons (Fsp3) is 0.583. The topological polar surface area (TPSA) is 55.1 Å². The number of carbonyl (C=O) groups excluding carboxylic acids is 1. The highest BCUT2D eigenvalue weighted by atomic mass is 32.1. The van der Waals surface area contributed by atoms with Crippen molar-refractivity contribution in [3.8, 4) is 0 Å². The summed E-state index contributed by atoms with van der Waals surface area (Å²) in [5.74, 6) is 0.0654. The van der Waals surface area contributed by atoms with Crippen LogP contribution in [0.2, 0.25) is 0 Å². The Morgan fingerprint density at radius 2 is 2.31 bits per heavy atom. The number of carbonyl (C=O) groups is 1. The monoisotopic (exact) mass is 240 g/mol. The van der Waals surface area contributed by atoms with Gasteiger partial charge < -0.3 is 11.1 Å². The zero-order valence-electron chi connectivity index (χ0n) is 10.1. The Morgan fingerprint density at radius 3 is 2.81 bits per heavy atom. The summed E-state index contributed by atoms with van der Waals surface area (Å²) in [5.41, 5.74) is 5.18. The van der Waals surface area contributed by atoms with Crippen LogP contribution in [-0.4, -0.2) is 18.5 Å². The minimum Gasteiger partial charge on any atom is -0.355 e. The highest BCUT2D eigenvalue weighted by Crippen LogP contribution is 2.27. The van der Waals surface area contributed by atoms with Crippen molar-refractivity contribution in [2.75, 3.05) is 6.54 Å². The van der Waals surface area contributed by atoms with Crippen molar-refractivity contribution in [3.05, 3.63) is 22.4 Å². The van der Waals surface area contributed by atoms with E-state index in [9.17, 15) is 4.79 Å². The van der Waals surface area contributed by atoms with Gasteiger partial charge in [0.1, 0.15) is 0 Å². The second-order valence-corrected chi connectivity index (χ2v) is 5.57. The van der Waals surface area contributed by atoms with Gasteiger partial charge in [-0.05, 0) is 38.6 Å². The second-order valence-electron chi connectivity index (χ2n) is 4.62. The molecule has 0 saturated heterocycles. The molecule has 1 aromatic heterocycles. The van der Waals surface area contributed by atoms with E-state index in [1.165, 1.54) is 0 Å². The third kappa shape index (κ3) is 3.32. The molecule has 0 saturated carbocycles. The number of amides is 1. The van der Waals surface area contributed by atoms with E-state index < -0.39 is 5.41 Å². The van der Waals surface area contributed by atoms with Gasteiger partial charge in [0.25, 0.3) is 0 Å². The molecular weight excluding hydrogens is 220 g/mol. The molecule has 0 aliphatic heterocycles. The Balaban J connectivity index is 2.53. The smallest absolute Gasteiger partial charge is 0.230 e. The largest absolute Gasteiger partial charge is 0.355 e. The number of thiophene rings is 1. The summed E-state index contributed by atoms with van der Waals surface area (Å²) in [6.45, 7) is 6.47. The van der Waals surface area contributed by atoms with Crippen molar-refractivity contribution in [3.63, 3.8) is 0 Å². The third-order valence-corrected chi connectivity index (χ3v) is 3.78. The van der Waals surface area contributed by atoms with Gasteiger partial charge in [0.15, 0.2) is 0 Å². The van der Waals surface area contributed by atoms with Crippen LogP contribution < -0.4 is 11.1 Å². The zero-order chi connectivity index (χ0) is 12.2. The summed E-state index contributed by atoms with van der Waals surface area (Å²) >= 11 is 1.61. The fourth-order valence-electron chi connectivity index (χ4n) is 1.38. The van der Waals surface area contributed by atoms with E-state index in [1.54, 1.807) is 11.3 Å². The number of hydrogen-bond acceptors (Lipinski definition) is 3. The first-order chi connectivity index (χ1) is 7.44. The van der Waals surface area contributed by atoms with E-state index in [1.807, 2.05) is 38.3 Å². The minimum absolute atomic E-state index is 0.0654. The maximum Gasteiger partial charge on any atom is 0.230 e. The molecule has 4 heteroatoms. The van der Waals surface area contributed by atoms with Crippen LogP contribution in [0.4, 0.5) is 0 Å². The summed E-state index contributed by atoms with van der Waals surface area (Å²) in [6, 6.07) is 4.09. The molecule has 1 rings (SSSR count). The molecule has 0 aromatic carbocycles. The molecule has 16 heavy (non-hydrogen) atoms. The molecule has 1 atom stereocenters. The van der Waals surface area contributed by atoms with Crippen LogP contribution in [0.1, 0.15) is 32.1 Å². The summed E-state index contributed by atoms with van der Waals surface area (Å²) < 4.78 is 0. The summed E-state index contributed by atoms with van der Waals surface area (Å²) in [6.07, 6.45) is 0.812. The molecule has 90 valence electrons. The van der Waals surface area contributed by atoms with Gasteiger partial charge in [-0.1, -0.05) is 6.07 Å². The molecule has 0 aliphatic carbocycles. The molecule has 3 N–H and O–H groups in total. The van der Waals surface area contributed by atoms with E-state index in [-0.39, 0.29) is 11.9 Å².